The standard InChI is InChI=1S/C15H29N3S/c1-6-9-13-14(10-16-12(4)5)19-15(17-13)11-18(7-2)8-3/h12,16H,6-11H2,1-5H3. The van der Waals surface area contributed by atoms with Crippen molar-refractivity contribution in [3.63, 3.8) is 0 Å². The van der Waals surface area contributed by atoms with Gasteiger partial charge in [0.15, 0.2) is 0 Å². The van der Waals surface area contributed by atoms with E-state index in [-0.39, 0.29) is 0 Å². The number of nitrogens with zero attached hydrogens (tertiary/aromatic N) is 2. The van der Waals surface area contributed by atoms with Gasteiger partial charge < -0.3 is 5.32 Å². The fourth-order valence-electron chi connectivity index (χ4n) is 2.01. The molecule has 1 N–H and O–H groups in total. The lowest BCUT2D eigenvalue weighted by molar-refractivity contribution is 0.295. The molecular formula is C15H29N3S. The first-order chi connectivity index (χ1) is 9.10. The van der Waals surface area contributed by atoms with Gasteiger partial charge in [-0.05, 0) is 19.5 Å². The quantitative estimate of drug-likeness (QED) is 0.752. The van der Waals surface area contributed by atoms with Gasteiger partial charge in [0.1, 0.15) is 5.01 Å². The molecule has 0 unspecified atom stereocenters. The van der Waals surface area contributed by atoms with Gasteiger partial charge in [0.2, 0.25) is 0 Å². The van der Waals surface area contributed by atoms with E-state index in [1.54, 1.807) is 0 Å². The Hall–Kier alpha value is -0.450. The lowest BCUT2D eigenvalue weighted by Crippen LogP contribution is -2.22. The second-order valence-electron chi connectivity index (χ2n) is 5.22. The Kier molecular flexibility index (Phi) is 7.57. The van der Waals surface area contributed by atoms with E-state index in [2.05, 4.69) is 44.8 Å². The smallest absolute Gasteiger partial charge is 0.107 e. The molecular weight excluding hydrogens is 254 g/mol. The van der Waals surface area contributed by atoms with Gasteiger partial charge in [0.05, 0.1) is 12.2 Å². The predicted molar refractivity (Wildman–Crippen MR) is 84.7 cm³/mol. The normalized spacial score (nSPS) is 11.7. The number of nitrogens with one attached hydrogen (secondary N) is 1. The summed E-state index contributed by atoms with van der Waals surface area (Å²) in [6, 6.07) is 0.530. The molecule has 3 nitrogen and oxygen atoms in total. The van der Waals surface area contributed by atoms with Crippen molar-refractivity contribution in [2.24, 2.45) is 0 Å². The molecule has 0 spiro atoms. The average molecular weight is 283 g/mol. The van der Waals surface area contributed by atoms with Crippen LogP contribution < -0.4 is 5.32 Å². The molecule has 0 saturated heterocycles. The number of rotatable bonds is 9. The van der Waals surface area contributed by atoms with Gasteiger partial charge in [-0.25, -0.2) is 4.98 Å². The average Bonchev–Trinajstić information content (AvgIpc) is 2.76. The van der Waals surface area contributed by atoms with Gasteiger partial charge in [-0.1, -0.05) is 41.0 Å². The van der Waals surface area contributed by atoms with Crippen LogP contribution in [0, 0.1) is 0 Å². The maximum atomic E-state index is 4.85. The summed E-state index contributed by atoms with van der Waals surface area (Å²) < 4.78 is 0. The molecule has 0 bridgehead atoms. The number of hydrogen-bond acceptors (Lipinski definition) is 4. The minimum absolute atomic E-state index is 0.530. The number of hydrogen-bond donors (Lipinski definition) is 1. The van der Waals surface area contributed by atoms with Crippen molar-refractivity contribution in [3.8, 4) is 0 Å². The van der Waals surface area contributed by atoms with Crippen LogP contribution in [0.3, 0.4) is 0 Å². The lowest BCUT2D eigenvalue weighted by Gasteiger charge is -2.15. The Balaban J connectivity index is 2.74. The van der Waals surface area contributed by atoms with Crippen molar-refractivity contribution in [2.75, 3.05) is 13.1 Å². The summed E-state index contributed by atoms with van der Waals surface area (Å²) >= 11 is 1.89. The molecule has 1 aromatic heterocycles. The summed E-state index contributed by atoms with van der Waals surface area (Å²) in [6.45, 7) is 15.2. The zero-order chi connectivity index (χ0) is 14.3. The molecule has 1 heterocycles. The fraction of sp³-hybridized carbons (Fsp3) is 0.800. The predicted octanol–water partition coefficient (Wildman–Crippen LogP) is 3.44. The Morgan fingerprint density at radius 2 is 1.89 bits per heavy atom. The summed E-state index contributed by atoms with van der Waals surface area (Å²) in [5.74, 6) is 0. The summed E-state index contributed by atoms with van der Waals surface area (Å²) in [4.78, 5) is 8.70. The molecule has 1 aromatic rings. The molecule has 110 valence electrons. The van der Waals surface area contributed by atoms with Crippen molar-refractivity contribution in [3.05, 3.63) is 15.6 Å². The van der Waals surface area contributed by atoms with Crippen molar-refractivity contribution in [1.29, 1.82) is 0 Å². The van der Waals surface area contributed by atoms with E-state index in [1.807, 2.05) is 11.3 Å². The molecule has 4 heteroatoms. The van der Waals surface area contributed by atoms with Crippen LogP contribution in [-0.2, 0) is 19.5 Å². The molecule has 1 rings (SSSR count). The molecule has 0 atom stereocenters. The molecule has 0 aliphatic carbocycles. The Morgan fingerprint density at radius 1 is 1.21 bits per heavy atom. The first-order valence-corrected chi connectivity index (χ1v) is 8.35. The highest BCUT2D eigenvalue weighted by atomic mass is 32.1. The minimum atomic E-state index is 0.530. The fourth-order valence-corrected chi connectivity index (χ4v) is 3.12. The third-order valence-corrected chi connectivity index (χ3v) is 4.32. The highest BCUT2D eigenvalue weighted by molar-refractivity contribution is 7.11. The van der Waals surface area contributed by atoms with Gasteiger partial charge in [-0.3, -0.25) is 4.90 Å². The molecule has 0 aliphatic heterocycles. The highest BCUT2D eigenvalue weighted by Crippen LogP contribution is 2.21. The van der Waals surface area contributed by atoms with Crippen molar-refractivity contribution in [2.45, 2.75) is 66.6 Å². The number of aryl methyl sites for hydroxylation is 1. The third-order valence-electron chi connectivity index (χ3n) is 3.23. The first kappa shape index (κ1) is 16.6. The topological polar surface area (TPSA) is 28.2 Å². The Labute approximate surface area is 122 Å². The molecule has 19 heavy (non-hydrogen) atoms. The summed E-state index contributed by atoms with van der Waals surface area (Å²) in [5.41, 5.74) is 1.31. The van der Waals surface area contributed by atoms with Gasteiger partial charge in [-0.2, -0.15) is 0 Å². The second-order valence-corrected chi connectivity index (χ2v) is 6.39. The van der Waals surface area contributed by atoms with E-state index in [1.165, 1.54) is 22.0 Å². The third kappa shape index (κ3) is 5.59. The van der Waals surface area contributed by atoms with Gasteiger partial charge in [0, 0.05) is 17.5 Å². The van der Waals surface area contributed by atoms with E-state index in [4.69, 9.17) is 4.98 Å². The van der Waals surface area contributed by atoms with Gasteiger partial charge in [0.25, 0.3) is 0 Å². The van der Waals surface area contributed by atoms with Gasteiger partial charge >= 0.3 is 0 Å². The van der Waals surface area contributed by atoms with Crippen LogP contribution in [0.25, 0.3) is 0 Å². The molecule has 0 aromatic carbocycles. The van der Waals surface area contributed by atoms with E-state index >= 15 is 0 Å². The van der Waals surface area contributed by atoms with E-state index in [0.717, 1.165) is 32.6 Å². The maximum absolute atomic E-state index is 4.85. The van der Waals surface area contributed by atoms with Crippen LogP contribution in [0.2, 0.25) is 0 Å². The first-order valence-electron chi connectivity index (χ1n) is 7.53. The lowest BCUT2D eigenvalue weighted by atomic mass is 10.2. The SMILES string of the molecule is CCCc1nc(CN(CC)CC)sc1CNC(C)C. The van der Waals surface area contributed by atoms with E-state index in [0.29, 0.717) is 6.04 Å². The minimum Gasteiger partial charge on any atom is -0.310 e. The molecule has 0 radical (unpaired) electrons. The second kappa shape index (κ2) is 8.67. The zero-order valence-corrected chi connectivity index (χ0v) is 13.9. The summed E-state index contributed by atoms with van der Waals surface area (Å²) in [7, 11) is 0. The van der Waals surface area contributed by atoms with E-state index in [9.17, 15) is 0 Å². The zero-order valence-electron chi connectivity index (χ0n) is 13.1. The Morgan fingerprint density at radius 3 is 2.42 bits per heavy atom. The molecule has 0 fully saturated rings. The van der Waals surface area contributed by atoms with E-state index < -0.39 is 0 Å². The summed E-state index contributed by atoms with van der Waals surface area (Å²) in [6.07, 6.45) is 2.27. The molecule has 0 amide bonds. The highest BCUT2D eigenvalue weighted by Gasteiger charge is 2.12. The van der Waals surface area contributed by atoms with Crippen LogP contribution in [0.15, 0.2) is 0 Å². The van der Waals surface area contributed by atoms with Crippen LogP contribution in [0.4, 0.5) is 0 Å². The monoisotopic (exact) mass is 283 g/mol. The largest absolute Gasteiger partial charge is 0.310 e. The van der Waals surface area contributed by atoms with Crippen molar-refractivity contribution >= 4 is 11.3 Å². The molecule has 0 saturated carbocycles. The van der Waals surface area contributed by atoms with Gasteiger partial charge in [-0.15, -0.1) is 11.3 Å². The Bertz CT molecular complexity index is 356. The van der Waals surface area contributed by atoms with Crippen LogP contribution in [-0.4, -0.2) is 29.0 Å². The number of aromatic nitrogens is 1. The van der Waals surface area contributed by atoms with Crippen LogP contribution >= 0.6 is 11.3 Å². The molecule has 0 aliphatic rings. The number of thiazole rings is 1. The van der Waals surface area contributed by atoms with Crippen molar-refractivity contribution in [1.82, 2.24) is 15.2 Å². The summed E-state index contributed by atoms with van der Waals surface area (Å²) in [5, 5.41) is 4.78. The van der Waals surface area contributed by atoms with Crippen LogP contribution in [0.5, 0.6) is 0 Å². The van der Waals surface area contributed by atoms with Crippen LogP contribution in [0.1, 0.15) is 56.6 Å². The maximum Gasteiger partial charge on any atom is 0.107 e. The van der Waals surface area contributed by atoms with Crippen molar-refractivity contribution < 1.29 is 0 Å².